The Bertz CT molecular complexity index is 1200. The lowest BCUT2D eigenvalue weighted by molar-refractivity contribution is -0.120. The molecule has 0 atom stereocenters. The van der Waals surface area contributed by atoms with E-state index in [1.807, 2.05) is 53.4 Å². The third-order valence-electron chi connectivity index (χ3n) is 4.86. The van der Waals surface area contributed by atoms with Gasteiger partial charge in [-0.3, -0.25) is 9.59 Å². The first-order valence-electron chi connectivity index (χ1n) is 9.54. The number of anilines is 2. The summed E-state index contributed by atoms with van der Waals surface area (Å²) in [6.07, 6.45) is 0. The SMILES string of the molecule is O=C1CN(c2ccc(NC(=O)c3ccc(-c4nc5ccccc5s4)o3)cc2)CCN1. The Morgan fingerprint density at radius 2 is 1.93 bits per heavy atom. The highest BCUT2D eigenvalue weighted by Gasteiger charge is 2.17. The summed E-state index contributed by atoms with van der Waals surface area (Å²) in [5.41, 5.74) is 2.51. The minimum absolute atomic E-state index is 0.0142. The number of hydrogen-bond donors (Lipinski definition) is 2. The van der Waals surface area contributed by atoms with E-state index in [9.17, 15) is 9.59 Å². The summed E-state index contributed by atoms with van der Waals surface area (Å²) in [6, 6.07) is 18.7. The molecule has 4 aromatic rings. The quantitative estimate of drug-likeness (QED) is 0.527. The van der Waals surface area contributed by atoms with Gasteiger partial charge >= 0.3 is 0 Å². The standard InChI is InChI=1S/C22H18N4O3S/c27-20-13-26(12-11-23-20)15-7-5-14(6-8-15)24-21(28)17-9-10-18(29-17)22-25-16-3-1-2-4-19(16)30-22/h1-10H,11-13H2,(H,23,27)(H,24,28). The van der Waals surface area contributed by atoms with E-state index in [0.717, 1.165) is 27.5 Å². The second-order valence-electron chi connectivity index (χ2n) is 6.92. The Kier molecular flexibility index (Phi) is 4.68. The smallest absolute Gasteiger partial charge is 0.291 e. The number of fused-ring (bicyclic) bond motifs is 1. The molecule has 5 rings (SSSR count). The maximum atomic E-state index is 12.6. The van der Waals surface area contributed by atoms with Gasteiger partial charge in [-0.15, -0.1) is 11.3 Å². The Labute approximate surface area is 176 Å². The van der Waals surface area contributed by atoms with Crippen LogP contribution in [0.4, 0.5) is 11.4 Å². The Hall–Kier alpha value is -3.65. The van der Waals surface area contributed by atoms with Crippen LogP contribution in [0.15, 0.2) is 65.1 Å². The molecule has 3 heterocycles. The number of para-hydroxylation sites is 1. The molecule has 7 nitrogen and oxygen atoms in total. The molecule has 1 saturated heterocycles. The van der Waals surface area contributed by atoms with Gasteiger partial charge in [0, 0.05) is 24.5 Å². The van der Waals surface area contributed by atoms with Gasteiger partial charge in [0.2, 0.25) is 5.91 Å². The fraction of sp³-hybridized carbons (Fsp3) is 0.136. The number of hydrogen-bond acceptors (Lipinski definition) is 6. The minimum Gasteiger partial charge on any atom is -0.448 e. The fourth-order valence-electron chi connectivity index (χ4n) is 3.36. The third kappa shape index (κ3) is 3.65. The normalized spacial score (nSPS) is 14.0. The van der Waals surface area contributed by atoms with Gasteiger partial charge in [-0.1, -0.05) is 12.1 Å². The Morgan fingerprint density at radius 1 is 1.10 bits per heavy atom. The van der Waals surface area contributed by atoms with Crippen molar-refractivity contribution < 1.29 is 14.0 Å². The van der Waals surface area contributed by atoms with Gasteiger partial charge in [0.15, 0.2) is 16.5 Å². The molecule has 2 aromatic carbocycles. The molecule has 0 radical (unpaired) electrons. The highest BCUT2D eigenvalue weighted by Crippen LogP contribution is 2.31. The summed E-state index contributed by atoms with van der Waals surface area (Å²) >= 11 is 1.52. The molecule has 2 aromatic heterocycles. The molecule has 0 saturated carbocycles. The van der Waals surface area contributed by atoms with Crippen molar-refractivity contribution in [2.24, 2.45) is 0 Å². The van der Waals surface area contributed by atoms with E-state index in [-0.39, 0.29) is 17.6 Å². The zero-order chi connectivity index (χ0) is 20.5. The van der Waals surface area contributed by atoms with E-state index in [2.05, 4.69) is 15.6 Å². The molecular weight excluding hydrogens is 400 g/mol. The predicted molar refractivity (Wildman–Crippen MR) is 117 cm³/mol. The molecule has 1 aliphatic heterocycles. The monoisotopic (exact) mass is 418 g/mol. The van der Waals surface area contributed by atoms with Crippen LogP contribution in [0.5, 0.6) is 0 Å². The molecule has 1 aliphatic rings. The van der Waals surface area contributed by atoms with Gasteiger partial charge in [-0.05, 0) is 48.5 Å². The summed E-state index contributed by atoms with van der Waals surface area (Å²) in [7, 11) is 0. The molecule has 0 spiro atoms. The second-order valence-corrected chi connectivity index (χ2v) is 7.95. The van der Waals surface area contributed by atoms with Gasteiger partial charge in [0.05, 0.1) is 16.8 Å². The number of thiazole rings is 1. The topological polar surface area (TPSA) is 87.5 Å². The van der Waals surface area contributed by atoms with Crippen molar-refractivity contribution in [3.8, 4) is 10.8 Å². The van der Waals surface area contributed by atoms with Crippen LogP contribution in [0.3, 0.4) is 0 Å². The van der Waals surface area contributed by atoms with Crippen LogP contribution < -0.4 is 15.5 Å². The number of carbonyl (C=O) groups is 2. The number of furan rings is 1. The van der Waals surface area contributed by atoms with Crippen LogP contribution in [-0.4, -0.2) is 36.4 Å². The maximum Gasteiger partial charge on any atom is 0.291 e. The minimum atomic E-state index is -0.326. The van der Waals surface area contributed by atoms with Gasteiger partial charge in [0.25, 0.3) is 5.91 Å². The largest absolute Gasteiger partial charge is 0.448 e. The molecule has 30 heavy (non-hydrogen) atoms. The van der Waals surface area contributed by atoms with E-state index in [4.69, 9.17) is 4.42 Å². The lowest BCUT2D eigenvalue weighted by Gasteiger charge is -2.28. The summed E-state index contributed by atoms with van der Waals surface area (Å²) < 4.78 is 6.82. The molecule has 2 N–H and O–H groups in total. The van der Waals surface area contributed by atoms with Gasteiger partial charge in [-0.2, -0.15) is 0 Å². The first-order valence-corrected chi connectivity index (χ1v) is 10.4. The molecule has 1 fully saturated rings. The molecule has 0 aliphatic carbocycles. The molecule has 0 bridgehead atoms. The molecular formula is C22H18N4O3S. The van der Waals surface area contributed by atoms with Crippen molar-refractivity contribution in [3.63, 3.8) is 0 Å². The highest BCUT2D eigenvalue weighted by atomic mass is 32.1. The lowest BCUT2D eigenvalue weighted by atomic mass is 10.2. The Morgan fingerprint density at radius 3 is 2.73 bits per heavy atom. The highest BCUT2D eigenvalue weighted by molar-refractivity contribution is 7.21. The van der Waals surface area contributed by atoms with Crippen molar-refractivity contribution in [2.45, 2.75) is 0 Å². The average molecular weight is 418 g/mol. The molecule has 0 unspecified atom stereocenters. The van der Waals surface area contributed by atoms with Crippen molar-refractivity contribution in [3.05, 3.63) is 66.4 Å². The van der Waals surface area contributed by atoms with Gasteiger partial charge < -0.3 is 20.0 Å². The fourth-order valence-corrected chi connectivity index (χ4v) is 4.29. The van der Waals surface area contributed by atoms with E-state index in [1.54, 1.807) is 12.1 Å². The summed E-state index contributed by atoms with van der Waals surface area (Å²) in [5.74, 6) is 0.481. The van der Waals surface area contributed by atoms with Gasteiger partial charge in [0.1, 0.15) is 0 Å². The first-order chi connectivity index (χ1) is 14.7. The number of nitrogens with one attached hydrogen (secondary N) is 2. The van der Waals surface area contributed by atoms with E-state index in [1.165, 1.54) is 11.3 Å². The summed E-state index contributed by atoms with van der Waals surface area (Å²) in [6.45, 7) is 1.73. The molecule has 8 heteroatoms. The predicted octanol–water partition coefficient (Wildman–Crippen LogP) is 3.74. The van der Waals surface area contributed by atoms with Crippen molar-refractivity contribution >= 4 is 44.7 Å². The first kappa shape index (κ1) is 18.4. The summed E-state index contributed by atoms with van der Waals surface area (Å²) in [5, 5.41) is 6.39. The summed E-state index contributed by atoms with van der Waals surface area (Å²) in [4.78, 5) is 30.7. The number of rotatable bonds is 4. The maximum absolute atomic E-state index is 12.6. The van der Waals surface area contributed by atoms with E-state index >= 15 is 0 Å². The van der Waals surface area contributed by atoms with Crippen LogP contribution in [0.25, 0.3) is 21.0 Å². The second kappa shape index (κ2) is 7.64. The van der Waals surface area contributed by atoms with Crippen LogP contribution in [-0.2, 0) is 4.79 Å². The molecule has 150 valence electrons. The zero-order valence-corrected chi connectivity index (χ0v) is 16.7. The van der Waals surface area contributed by atoms with Crippen molar-refractivity contribution in [1.82, 2.24) is 10.3 Å². The van der Waals surface area contributed by atoms with Crippen LogP contribution in [0, 0.1) is 0 Å². The van der Waals surface area contributed by atoms with Crippen LogP contribution in [0.1, 0.15) is 10.6 Å². The number of benzene rings is 2. The number of amides is 2. The van der Waals surface area contributed by atoms with Crippen LogP contribution in [0.2, 0.25) is 0 Å². The number of piperazine rings is 1. The zero-order valence-electron chi connectivity index (χ0n) is 15.9. The number of carbonyl (C=O) groups excluding carboxylic acids is 2. The van der Waals surface area contributed by atoms with Crippen molar-refractivity contribution in [2.75, 3.05) is 29.9 Å². The number of aromatic nitrogens is 1. The average Bonchev–Trinajstić information content (AvgIpc) is 3.41. The lowest BCUT2D eigenvalue weighted by Crippen LogP contribution is -2.47. The van der Waals surface area contributed by atoms with E-state index < -0.39 is 0 Å². The third-order valence-corrected chi connectivity index (χ3v) is 5.91. The van der Waals surface area contributed by atoms with Crippen LogP contribution >= 0.6 is 11.3 Å². The Balaban J connectivity index is 1.28. The van der Waals surface area contributed by atoms with Gasteiger partial charge in [-0.25, -0.2) is 4.98 Å². The molecule has 2 amide bonds. The van der Waals surface area contributed by atoms with Crippen molar-refractivity contribution in [1.29, 1.82) is 0 Å². The number of nitrogens with zero attached hydrogens (tertiary/aromatic N) is 2. The van der Waals surface area contributed by atoms with E-state index in [0.29, 0.717) is 24.5 Å².